The van der Waals surface area contributed by atoms with Crippen LogP contribution in [0.2, 0.25) is 0 Å². The van der Waals surface area contributed by atoms with Gasteiger partial charge in [-0.3, -0.25) is 4.79 Å². The molecule has 3 nitrogen and oxygen atoms in total. The van der Waals surface area contributed by atoms with Crippen molar-refractivity contribution >= 4 is 5.91 Å². The standard InChI is InChI=1S/C12H24N2O/c1-5-12(4)7-6-8-14(12)11(15)10(13)9(2)3/h9-10H,5-8,13H2,1-4H3/t10-,12+/m0/s1. The Kier molecular flexibility index (Phi) is 3.77. The SMILES string of the molecule is CC[C@]1(C)CCCN1C(=O)[C@@H](N)C(C)C. The Morgan fingerprint density at radius 2 is 2.13 bits per heavy atom. The van der Waals surface area contributed by atoms with Crippen LogP contribution in [-0.2, 0) is 4.79 Å². The molecule has 2 atom stereocenters. The first-order valence-corrected chi connectivity index (χ1v) is 5.99. The molecular weight excluding hydrogens is 188 g/mol. The molecule has 1 rings (SSSR count). The second kappa shape index (κ2) is 4.52. The van der Waals surface area contributed by atoms with Gasteiger partial charge in [-0.25, -0.2) is 0 Å². The van der Waals surface area contributed by atoms with E-state index in [0.29, 0.717) is 0 Å². The average molecular weight is 212 g/mol. The maximum atomic E-state index is 12.2. The highest BCUT2D eigenvalue weighted by molar-refractivity contribution is 5.82. The van der Waals surface area contributed by atoms with Crippen molar-refractivity contribution in [3.8, 4) is 0 Å². The van der Waals surface area contributed by atoms with Crippen LogP contribution in [0.4, 0.5) is 0 Å². The molecule has 2 N–H and O–H groups in total. The first-order chi connectivity index (χ1) is 6.92. The van der Waals surface area contributed by atoms with Crippen LogP contribution in [0.1, 0.15) is 47.0 Å². The molecule has 3 heteroatoms. The summed E-state index contributed by atoms with van der Waals surface area (Å²) in [6.45, 7) is 9.20. The van der Waals surface area contributed by atoms with Crippen LogP contribution in [0.3, 0.4) is 0 Å². The summed E-state index contributed by atoms with van der Waals surface area (Å²) in [6, 6.07) is -0.339. The third-order valence-electron chi connectivity index (χ3n) is 3.78. The number of carbonyl (C=O) groups is 1. The monoisotopic (exact) mass is 212 g/mol. The Morgan fingerprint density at radius 1 is 1.53 bits per heavy atom. The van der Waals surface area contributed by atoms with E-state index in [2.05, 4.69) is 13.8 Å². The molecule has 0 bridgehead atoms. The van der Waals surface area contributed by atoms with Gasteiger partial charge in [0.2, 0.25) is 5.91 Å². The normalized spacial score (nSPS) is 28.5. The first kappa shape index (κ1) is 12.5. The number of hydrogen-bond acceptors (Lipinski definition) is 2. The van der Waals surface area contributed by atoms with E-state index < -0.39 is 0 Å². The van der Waals surface area contributed by atoms with Crippen molar-refractivity contribution in [3.05, 3.63) is 0 Å². The van der Waals surface area contributed by atoms with Gasteiger partial charge in [-0.1, -0.05) is 20.8 Å². The zero-order chi connectivity index (χ0) is 11.6. The maximum absolute atomic E-state index is 12.2. The average Bonchev–Trinajstić information content (AvgIpc) is 2.59. The molecule has 0 spiro atoms. The molecule has 1 aliphatic rings. The highest BCUT2D eigenvalue weighted by Crippen LogP contribution is 2.32. The molecule has 1 heterocycles. The molecule has 1 amide bonds. The number of nitrogens with two attached hydrogens (primary N) is 1. The summed E-state index contributed by atoms with van der Waals surface area (Å²) >= 11 is 0. The molecular formula is C12H24N2O. The number of likely N-dealkylation sites (tertiary alicyclic amines) is 1. The van der Waals surface area contributed by atoms with Crippen LogP contribution in [0, 0.1) is 5.92 Å². The molecule has 1 aliphatic heterocycles. The van der Waals surface area contributed by atoms with Crippen molar-refractivity contribution in [2.24, 2.45) is 11.7 Å². The Balaban J connectivity index is 2.75. The van der Waals surface area contributed by atoms with Crippen LogP contribution in [0.5, 0.6) is 0 Å². The third-order valence-corrected chi connectivity index (χ3v) is 3.78. The number of nitrogens with zero attached hydrogens (tertiary/aromatic N) is 1. The minimum atomic E-state index is -0.339. The van der Waals surface area contributed by atoms with Gasteiger partial charge in [0.05, 0.1) is 6.04 Å². The Hall–Kier alpha value is -0.570. The van der Waals surface area contributed by atoms with E-state index >= 15 is 0 Å². The number of amides is 1. The molecule has 0 unspecified atom stereocenters. The fourth-order valence-electron chi connectivity index (χ4n) is 2.23. The molecule has 0 radical (unpaired) electrons. The Labute approximate surface area is 93.0 Å². The predicted octanol–water partition coefficient (Wildman–Crippen LogP) is 1.76. The Morgan fingerprint density at radius 3 is 2.60 bits per heavy atom. The van der Waals surface area contributed by atoms with E-state index in [0.717, 1.165) is 25.8 Å². The molecule has 0 saturated carbocycles. The Bertz CT molecular complexity index is 240. The lowest BCUT2D eigenvalue weighted by atomic mass is 9.94. The molecule has 15 heavy (non-hydrogen) atoms. The fraction of sp³-hybridized carbons (Fsp3) is 0.917. The summed E-state index contributed by atoms with van der Waals surface area (Å²) in [5.41, 5.74) is 5.97. The molecule has 0 aromatic heterocycles. The molecule has 1 saturated heterocycles. The largest absolute Gasteiger partial charge is 0.336 e. The quantitative estimate of drug-likeness (QED) is 0.775. The summed E-state index contributed by atoms with van der Waals surface area (Å²) < 4.78 is 0. The predicted molar refractivity (Wildman–Crippen MR) is 62.5 cm³/mol. The third kappa shape index (κ3) is 2.33. The van der Waals surface area contributed by atoms with Crippen LogP contribution in [0.15, 0.2) is 0 Å². The van der Waals surface area contributed by atoms with Gasteiger partial charge >= 0.3 is 0 Å². The van der Waals surface area contributed by atoms with Gasteiger partial charge in [-0.2, -0.15) is 0 Å². The van der Waals surface area contributed by atoms with Crippen molar-refractivity contribution in [3.63, 3.8) is 0 Å². The van der Waals surface area contributed by atoms with E-state index in [4.69, 9.17) is 5.73 Å². The summed E-state index contributed by atoms with van der Waals surface area (Å²) in [5.74, 6) is 0.353. The van der Waals surface area contributed by atoms with E-state index in [1.54, 1.807) is 0 Å². The lowest BCUT2D eigenvalue weighted by molar-refractivity contribution is -0.137. The second-order valence-electron chi connectivity index (χ2n) is 5.21. The molecule has 1 fully saturated rings. The van der Waals surface area contributed by atoms with Gasteiger partial charge in [0.15, 0.2) is 0 Å². The minimum absolute atomic E-state index is 0.0452. The van der Waals surface area contributed by atoms with Crippen LogP contribution < -0.4 is 5.73 Å². The molecule has 0 aromatic carbocycles. The topological polar surface area (TPSA) is 46.3 Å². The number of rotatable bonds is 3. The molecule has 88 valence electrons. The summed E-state index contributed by atoms with van der Waals surface area (Å²) in [6.07, 6.45) is 3.24. The van der Waals surface area contributed by atoms with Gasteiger partial charge in [0.1, 0.15) is 0 Å². The molecule has 0 aliphatic carbocycles. The first-order valence-electron chi connectivity index (χ1n) is 5.99. The van der Waals surface area contributed by atoms with Crippen LogP contribution in [-0.4, -0.2) is 28.9 Å². The highest BCUT2D eigenvalue weighted by atomic mass is 16.2. The van der Waals surface area contributed by atoms with Gasteiger partial charge in [-0.15, -0.1) is 0 Å². The lowest BCUT2D eigenvalue weighted by Crippen LogP contribution is -2.52. The van der Waals surface area contributed by atoms with Gasteiger partial charge in [-0.05, 0) is 32.1 Å². The lowest BCUT2D eigenvalue weighted by Gasteiger charge is -2.36. The van der Waals surface area contributed by atoms with Crippen molar-refractivity contribution in [2.45, 2.75) is 58.5 Å². The highest BCUT2D eigenvalue weighted by Gasteiger charge is 2.39. The zero-order valence-corrected chi connectivity index (χ0v) is 10.4. The van der Waals surface area contributed by atoms with E-state index in [9.17, 15) is 4.79 Å². The van der Waals surface area contributed by atoms with E-state index in [1.807, 2.05) is 18.7 Å². The number of hydrogen-bond donors (Lipinski definition) is 1. The maximum Gasteiger partial charge on any atom is 0.240 e. The van der Waals surface area contributed by atoms with Crippen molar-refractivity contribution in [1.82, 2.24) is 4.90 Å². The second-order valence-corrected chi connectivity index (χ2v) is 5.21. The smallest absolute Gasteiger partial charge is 0.240 e. The molecule has 0 aromatic rings. The summed E-state index contributed by atoms with van der Waals surface area (Å²) in [7, 11) is 0. The van der Waals surface area contributed by atoms with Crippen LogP contribution in [0.25, 0.3) is 0 Å². The zero-order valence-electron chi connectivity index (χ0n) is 10.4. The van der Waals surface area contributed by atoms with E-state index in [1.165, 1.54) is 0 Å². The van der Waals surface area contributed by atoms with Gasteiger partial charge in [0.25, 0.3) is 0 Å². The van der Waals surface area contributed by atoms with Crippen molar-refractivity contribution in [1.29, 1.82) is 0 Å². The van der Waals surface area contributed by atoms with Gasteiger partial charge in [0, 0.05) is 12.1 Å². The van der Waals surface area contributed by atoms with Crippen molar-refractivity contribution in [2.75, 3.05) is 6.54 Å². The van der Waals surface area contributed by atoms with Gasteiger partial charge < -0.3 is 10.6 Å². The van der Waals surface area contributed by atoms with Crippen molar-refractivity contribution < 1.29 is 4.79 Å². The minimum Gasteiger partial charge on any atom is -0.336 e. The summed E-state index contributed by atoms with van der Waals surface area (Å²) in [4.78, 5) is 14.2. The number of carbonyl (C=O) groups excluding carboxylic acids is 1. The fourth-order valence-corrected chi connectivity index (χ4v) is 2.23. The summed E-state index contributed by atoms with van der Waals surface area (Å²) in [5, 5.41) is 0. The van der Waals surface area contributed by atoms with Crippen LogP contribution >= 0.6 is 0 Å². The van der Waals surface area contributed by atoms with E-state index in [-0.39, 0.29) is 23.4 Å².